The molecule has 1 aliphatic heterocycles. The monoisotopic (exact) mass is 282 g/mol. The van der Waals surface area contributed by atoms with Crippen molar-refractivity contribution in [2.45, 2.75) is 25.8 Å². The summed E-state index contributed by atoms with van der Waals surface area (Å²) in [6.07, 6.45) is 1.41. The lowest BCUT2D eigenvalue weighted by molar-refractivity contribution is -0.121. The van der Waals surface area contributed by atoms with Gasteiger partial charge in [-0.25, -0.2) is 0 Å². The van der Waals surface area contributed by atoms with E-state index in [0.29, 0.717) is 12.5 Å². The van der Waals surface area contributed by atoms with E-state index in [1.54, 1.807) is 11.3 Å². The number of hydrogen-bond acceptors (Lipinski definition) is 4. The first kappa shape index (κ1) is 14.5. The smallest absolute Gasteiger partial charge is 0.220 e. The van der Waals surface area contributed by atoms with Gasteiger partial charge in [-0.15, -0.1) is 0 Å². The Labute approximate surface area is 118 Å². The van der Waals surface area contributed by atoms with Gasteiger partial charge in [-0.3, -0.25) is 9.69 Å². The number of carbonyl (C=O) groups is 1. The normalized spacial score (nSPS) is 18.2. The van der Waals surface area contributed by atoms with Crippen molar-refractivity contribution in [3.63, 3.8) is 0 Å². The number of thiophene rings is 1. The number of ether oxygens (including phenoxy) is 1. The van der Waals surface area contributed by atoms with Crippen molar-refractivity contribution >= 4 is 17.2 Å². The summed E-state index contributed by atoms with van der Waals surface area (Å²) in [6.45, 7) is 6.41. The summed E-state index contributed by atoms with van der Waals surface area (Å²) >= 11 is 1.68. The first-order valence-corrected chi connectivity index (χ1v) is 7.79. The van der Waals surface area contributed by atoms with E-state index < -0.39 is 0 Å². The van der Waals surface area contributed by atoms with Crippen LogP contribution in [0.3, 0.4) is 0 Å². The van der Waals surface area contributed by atoms with Crippen molar-refractivity contribution in [3.05, 3.63) is 22.4 Å². The molecule has 1 atom stereocenters. The summed E-state index contributed by atoms with van der Waals surface area (Å²) in [5, 5.41) is 7.17. The van der Waals surface area contributed by atoms with Gasteiger partial charge in [-0.1, -0.05) is 0 Å². The zero-order valence-electron chi connectivity index (χ0n) is 11.4. The van der Waals surface area contributed by atoms with Crippen molar-refractivity contribution in [1.82, 2.24) is 10.2 Å². The second-order valence-electron chi connectivity index (χ2n) is 4.93. The number of rotatable bonds is 6. The molecule has 0 saturated carbocycles. The van der Waals surface area contributed by atoms with E-state index in [9.17, 15) is 4.79 Å². The average molecular weight is 282 g/mol. The van der Waals surface area contributed by atoms with Crippen molar-refractivity contribution in [3.8, 4) is 0 Å². The highest BCUT2D eigenvalue weighted by Gasteiger charge is 2.17. The van der Waals surface area contributed by atoms with Gasteiger partial charge in [0.25, 0.3) is 0 Å². The van der Waals surface area contributed by atoms with Gasteiger partial charge >= 0.3 is 0 Å². The van der Waals surface area contributed by atoms with Crippen molar-refractivity contribution in [1.29, 1.82) is 0 Å². The highest BCUT2D eigenvalue weighted by atomic mass is 32.1. The van der Waals surface area contributed by atoms with E-state index in [2.05, 4.69) is 28.6 Å². The number of nitrogens with one attached hydrogen (secondary N) is 1. The zero-order valence-corrected chi connectivity index (χ0v) is 12.2. The molecular weight excluding hydrogens is 260 g/mol. The third-order valence-electron chi connectivity index (χ3n) is 3.48. The summed E-state index contributed by atoms with van der Waals surface area (Å²) in [5.41, 5.74) is 1.25. The molecule has 19 heavy (non-hydrogen) atoms. The Kier molecular flexibility index (Phi) is 5.82. The van der Waals surface area contributed by atoms with Crippen molar-refractivity contribution in [2.24, 2.45) is 0 Å². The minimum absolute atomic E-state index is 0.145. The standard InChI is InChI=1S/C14H22N2O2S/c1-12(16-5-7-18-8-6-16)10-15-14(17)3-2-13-4-9-19-11-13/h4,9,11-12H,2-3,5-8,10H2,1H3,(H,15,17). The molecule has 0 spiro atoms. The molecule has 1 unspecified atom stereocenters. The Morgan fingerprint density at radius 2 is 2.32 bits per heavy atom. The Bertz CT molecular complexity index is 375. The molecule has 5 heteroatoms. The first-order chi connectivity index (χ1) is 9.25. The Morgan fingerprint density at radius 3 is 3.00 bits per heavy atom. The van der Waals surface area contributed by atoms with E-state index in [0.717, 1.165) is 39.3 Å². The van der Waals surface area contributed by atoms with E-state index in [4.69, 9.17) is 4.74 Å². The third kappa shape index (κ3) is 4.93. The van der Waals surface area contributed by atoms with E-state index in [1.807, 2.05) is 5.38 Å². The SMILES string of the molecule is CC(CNC(=O)CCc1ccsc1)N1CCOCC1. The summed E-state index contributed by atoms with van der Waals surface area (Å²) in [6, 6.07) is 2.46. The maximum atomic E-state index is 11.8. The van der Waals surface area contributed by atoms with Gasteiger partial charge in [0.15, 0.2) is 0 Å². The number of amides is 1. The molecule has 0 aromatic carbocycles. The predicted octanol–water partition coefficient (Wildman–Crippen LogP) is 1.52. The third-order valence-corrected chi connectivity index (χ3v) is 4.22. The van der Waals surface area contributed by atoms with Crippen LogP contribution >= 0.6 is 11.3 Å². The van der Waals surface area contributed by atoms with Crippen LogP contribution in [0.25, 0.3) is 0 Å². The topological polar surface area (TPSA) is 41.6 Å². The number of aryl methyl sites for hydroxylation is 1. The molecule has 1 N–H and O–H groups in total. The van der Waals surface area contributed by atoms with Crippen LogP contribution in [0, 0.1) is 0 Å². The fraction of sp³-hybridized carbons (Fsp3) is 0.643. The van der Waals surface area contributed by atoms with Crippen LogP contribution in [0.2, 0.25) is 0 Å². The molecule has 2 heterocycles. The van der Waals surface area contributed by atoms with Gasteiger partial charge < -0.3 is 10.1 Å². The van der Waals surface area contributed by atoms with Gasteiger partial charge in [0.2, 0.25) is 5.91 Å². The molecule has 4 nitrogen and oxygen atoms in total. The van der Waals surface area contributed by atoms with Crippen molar-refractivity contribution < 1.29 is 9.53 Å². The zero-order chi connectivity index (χ0) is 13.5. The van der Waals surface area contributed by atoms with Crippen LogP contribution in [0.5, 0.6) is 0 Å². The van der Waals surface area contributed by atoms with Gasteiger partial charge in [-0.05, 0) is 35.7 Å². The molecule has 1 fully saturated rings. The van der Waals surface area contributed by atoms with E-state index in [-0.39, 0.29) is 5.91 Å². The number of hydrogen-bond donors (Lipinski definition) is 1. The van der Waals surface area contributed by atoms with Crippen LogP contribution in [-0.4, -0.2) is 49.7 Å². The lowest BCUT2D eigenvalue weighted by Gasteiger charge is -2.32. The van der Waals surface area contributed by atoms with Crippen LogP contribution in [0.4, 0.5) is 0 Å². The molecule has 0 bridgehead atoms. The van der Waals surface area contributed by atoms with Crippen LogP contribution < -0.4 is 5.32 Å². The number of nitrogens with zero attached hydrogens (tertiary/aromatic N) is 1. The maximum Gasteiger partial charge on any atom is 0.220 e. The number of morpholine rings is 1. The fourth-order valence-electron chi connectivity index (χ4n) is 2.19. The molecule has 1 amide bonds. The summed E-state index contributed by atoms with van der Waals surface area (Å²) < 4.78 is 5.33. The lowest BCUT2D eigenvalue weighted by atomic mass is 10.2. The molecule has 0 aliphatic carbocycles. The maximum absolute atomic E-state index is 11.8. The highest BCUT2D eigenvalue weighted by Crippen LogP contribution is 2.08. The second-order valence-corrected chi connectivity index (χ2v) is 5.71. The summed E-state index contributed by atoms with van der Waals surface area (Å²) in [7, 11) is 0. The quantitative estimate of drug-likeness (QED) is 0.860. The minimum Gasteiger partial charge on any atom is -0.379 e. The molecule has 0 radical (unpaired) electrons. The Balaban J connectivity index is 1.62. The molecule has 1 aromatic rings. The summed E-state index contributed by atoms with van der Waals surface area (Å²) in [4.78, 5) is 14.1. The highest BCUT2D eigenvalue weighted by molar-refractivity contribution is 7.07. The van der Waals surface area contributed by atoms with Crippen LogP contribution in [0.15, 0.2) is 16.8 Å². The fourth-order valence-corrected chi connectivity index (χ4v) is 2.89. The average Bonchev–Trinajstić information content (AvgIpc) is 2.96. The Morgan fingerprint density at radius 1 is 1.53 bits per heavy atom. The van der Waals surface area contributed by atoms with E-state index >= 15 is 0 Å². The van der Waals surface area contributed by atoms with Gasteiger partial charge in [0.05, 0.1) is 13.2 Å². The van der Waals surface area contributed by atoms with Crippen LogP contribution in [-0.2, 0) is 16.0 Å². The Hall–Kier alpha value is -0.910. The van der Waals surface area contributed by atoms with Gasteiger partial charge in [-0.2, -0.15) is 11.3 Å². The van der Waals surface area contributed by atoms with Crippen molar-refractivity contribution in [2.75, 3.05) is 32.8 Å². The molecule has 106 valence electrons. The number of carbonyl (C=O) groups excluding carboxylic acids is 1. The summed E-state index contributed by atoms with van der Waals surface area (Å²) in [5.74, 6) is 0.145. The predicted molar refractivity (Wildman–Crippen MR) is 77.5 cm³/mol. The molecular formula is C14H22N2O2S. The minimum atomic E-state index is 0.145. The van der Waals surface area contributed by atoms with Gasteiger partial charge in [0, 0.05) is 32.1 Å². The first-order valence-electron chi connectivity index (χ1n) is 6.85. The molecule has 1 aliphatic rings. The van der Waals surface area contributed by atoms with Crippen LogP contribution in [0.1, 0.15) is 18.9 Å². The lowest BCUT2D eigenvalue weighted by Crippen LogP contribution is -2.47. The van der Waals surface area contributed by atoms with Gasteiger partial charge in [0.1, 0.15) is 0 Å². The molecule has 2 rings (SSSR count). The van der Waals surface area contributed by atoms with E-state index in [1.165, 1.54) is 5.56 Å². The largest absolute Gasteiger partial charge is 0.379 e. The molecule has 1 saturated heterocycles. The second kappa shape index (κ2) is 7.62. The molecule has 1 aromatic heterocycles.